The number of benzene rings is 1. The fraction of sp³-hybridized carbons (Fsp3) is 0.350. The van der Waals surface area contributed by atoms with Gasteiger partial charge in [-0.3, -0.25) is 4.79 Å². The van der Waals surface area contributed by atoms with E-state index < -0.39 is 5.41 Å². The van der Waals surface area contributed by atoms with Gasteiger partial charge < -0.3 is 4.98 Å². The van der Waals surface area contributed by atoms with Crippen LogP contribution >= 0.6 is 15.9 Å². The molecule has 1 fully saturated rings. The first kappa shape index (κ1) is 16.3. The molecule has 1 aromatic heterocycles. The molecule has 2 nitrogen and oxygen atoms in total. The van der Waals surface area contributed by atoms with Crippen LogP contribution in [0.1, 0.15) is 38.2 Å². The lowest BCUT2D eigenvalue weighted by molar-refractivity contribution is -0.130. The Labute approximate surface area is 145 Å². The van der Waals surface area contributed by atoms with E-state index in [1.165, 1.54) is 0 Å². The van der Waals surface area contributed by atoms with Gasteiger partial charge in [-0.2, -0.15) is 0 Å². The second-order valence-corrected chi connectivity index (χ2v) is 7.72. The van der Waals surface area contributed by atoms with Gasteiger partial charge in [-0.1, -0.05) is 40.2 Å². The summed E-state index contributed by atoms with van der Waals surface area (Å²) >= 11 is 3.64. The number of allylic oxidation sites excluding steroid dienone is 2. The minimum atomic E-state index is -0.457. The summed E-state index contributed by atoms with van der Waals surface area (Å²) < 4.78 is 1.02. The molecule has 1 aromatic carbocycles. The molecule has 0 radical (unpaired) electrons. The highest BCUT2D eigenvalue weighted by molar-refractivity contribution is 9.10. The van der Waals surface area contributed by atoms with E-state index in [-0.39, 0.29) is 17.6 Å². The van der Waals surface area contributed by atoms with Crippen molar-refractivity contribution in [3.8, 4) is 0 Å². The van der Waals surface area contributed by atoms with Crippen LogP contribution in [0.5, 0.6) is 0 Å². The van der Waals surface area contributed by atoms with Crippen molar-refractivity contribution in [3.63, 3.8) is 0 Å². The lowest BCUT2D eigenvalue weighted by Crippen LogP contribution is -2.40. The van der Waals surface area contributed by atoms with E-state index in [1.807, 2.05) is 44.3 Å². The molecule has 0 spiro atoms. The molecule has 3 rings (SSSR count). The number of aromatic amines is 1. The van der Waals surface area contributed by atoms with Crippen molar-refractivity contribution < 1.29 is 4.79 Å². The lowest BCUT2D eigenvalue weighted by atomic mass is 9.62. The van der Waals surface area contributed by atoms with Gasteiger partial charge >= 0.3 is 0 Å². The third-order valence-electron chi connectivity index (χ3n) is 5.33. The Bertz CT molecular complexity index is 803. The van der Waals surface area contributed by atoms with Crippen LogP contribution < -0.4 is 0 Å². The van der Waals surface area contributed by atoms with Crippen LogP contribution in [0, 0.1) is 11.3 Å². The number of aromatic nitrogens is 1. The highest BCUT2D eigenvalue weighted by Gasteiger charge is 2.45. The van der Waals surface area contributed by atoms with Gasteiger partial charge in [-0.05, 0) is 50.3 Å². The molecule has 1 heterocycles. The first-order chi connectivity index (χ1) is 10.9. The molecular formula is C20H22BrNO. The average Bonchev–Trinajstić information content (AvgIpc) is 2.94. The Balaban J connectivity index is 2.20. The summed E-state index contributed by atoms with van der Waals surface area (Å²) in [6.07, 6.45) is 5.61. The average molecular weight is 372 g/mol. The number of carbonyl (C=O) groups excluding carboxylic acids is 1. The molecule has 0 saturated heterocycles. The molecule has 2 aromatic rings. The van der Waals surface area contributed by atoms with Gasteiger partial charge in [0.1, 0.15) is 0 Å². The monoisotopic (exact) mass is 371 g/mol. The normalized spacial score (nSPS) is 28.0. The maximum absolute atomic E-state index is 13.3. The minimum Gasteiger partial charge on any atom is -0.361 e. The van der Waals surface area contributed by atoms with Crippen LogP contribution in [-0.4, -0.2) is 10.8 Å². The summed E-state index contributed by atoms with van der Waals surface area (Å²) in [5.41, 5.74) is 2.74. The number of nitrogens with one attached hydrogen (secondary N) is 1. The van der Waals surface area contributed by atoms with Crippen molar-refractivity contribution in [1.82, 2.24) is 4.98 Å². The molecule has 0 bridgehead atoms. The van der Waals surface area contributed by atoms with E-state index in [0.717, 1.165) is 39.4 Å². The summed E-state index contributed by atoms with van der Waals surface area (Å²) in [6, 6.07) is 6.06. The topological polar surface area (TPSA) is 32.9 Å². The van der Waals surface area contributed by atoms with Crippen LogP contribution in [0.25, 0.3) is 10.9 Å². The predicted octanol–water partition coefficient (Wildman–Crippen LogP) is 5.76. The van der Waals surface area contributed by atoms with E-state index in [4.69, 9.17) is 0 Å². The Morgan fingerprint density at radius 1 is 1.48 bits per heavy atom. The van der Waals surface area contributed by atoms with Crippen molar-refractivity contribution in [1.29, 1.82) is 0 Å². The number of rotatable bonds is 3. The SMILES string of the molecule is C=C[C@@]1(C)CC[C@H](C(=C)C)[C@@H](c2c[nH]c3cccc(Br)c23)C1=O. The third kappa shape index (κ3) is 2.51. The number of carbonyl (C=O) groups is 1. The summed E-state index contributed by atoms with van der Waals surface area (Å²) in [7, 11) is 0. The van der Waals surface area contributed by atoms with Crippen molar-refractivity contribution in [3.05, 3.63) is 59.2 Å². The van der Waals surface area contributed by atoms with Crippen LogP contribution in [0.3, 0.4) is 0 Å². The van der Waals surface area contributed by atoms with Gasteiger partial charge in [0.25, 0.3) is 0 Å². The van der Waals surface area contributed by atoms with Gasteiger partial charge in [0, 0.05) is 27.0 Å². The van der Waals surface area contributed by atoms with Gasteiger partial charge in [-0.15, -0.1) is 6.58 Å². The Morgan fingerprint density at radius 2 is 2.22 bits per heavy atom. The summed E-state index contributed by atoms with van der Waals surface area (Å²) in [6.45, 7) is 12.1. The Morgan fingerprint density at radius 3 is 2.87 bits per heavy atom. The molecule has 120 valence electrons. The number of H-pyrrole nitrogens is 1. The van der Waals surface area contributed by atoms with Crippen LogP contribution in [0.2, 0.25) is 0 Å². The fourth-order valence-corrected chi connectivity index (χ4v) is 4.38. The quantitative estimate of drug-likeness (QED) is 0.683. The van der Waals surface area contributed by atoms with Gasteiger partial charge in [-0.25, -0.2) is 0 Å². The first-order valence-electron chi connectivity index (χ1n) is 7.98. The molecule has 23 heavy (non-hydrogen) atoms. The molecule has 3 heteroatoms. The van der Waals surface area contributed by atoms with E-state index in [0.29, 0.717) is 0 Å². The maximum atomic E-state index is 13.3. The second-order valence-electron chi connectivity index (χ2n) is 6.86. The highest BCUT2D eigenvalue weighted by atomic mass is 79.9. The van der Waals surface area contributed by atoms with Crippen molar-refractivity contribution >= 4 is 32.6 Å². The number of hydrogen-bond donors (Lipinski definition) is 1. The molecule has 1 aliphatic rings. The number of Topliss-reactive ketones (excluding diaryl/α,β-unsaturated/α-hetero) is 1. The molecular weight excluding hydrogens is 350 g/mol. The molecule has 1 saturated carbocycles. The zero-order valence-electron chi connectivity index (χ0n) is 13.7. The molecule has 0 amide bonds. The van der Waals surface area contributed by atoms with E-state index >= 15 is 0 Å². The maximum Gasteiger partial charge on any atom is 0.150 e. The smallest absolute Gasteiger partial charge is 0.150 e. The Hall–Kier alpha value is -1.61. The molecule has 0 aliphatic heterocycles. The number of ketones is 1. The molecule has 0 unspecified atom stereocenters. The Kier molecular flexibility index (Phi) is 4.09. The zero-order chi connectivity index (χ0) is 16.8. The van der Waals surface area contributed by atoms with Crippen molar-refractivity contribution in [2.45, 2.75) is 32.6 Å². The number of hydrogen-bond acceptors (Lipinski definition) is 1. The number of fused-ring (bicyclic) bond motifs is 1. The van der Waals surface area contributed by atoms with Crippen LogP contribution in [0.15, 0.2) is 53.7 Å². The van der Waals surface area contributed by atoms with Gasteiger partial charge in [0.05, 0.1) is 5.92 Å². The van der Waals surface area contributed by atoms with E-state index in [2.05, 4.69) is 34.1 Å². The summed E-state index contributed by atoms with van der Waals surface area (Å²) in [5.74, 6) is 0.265. The standard InChI is InChI=1S/C20H22BrNO/c1-5-20(4)10-9-13(12(2)3)17(19(20)23)14-11-22-16-8-6-7-15(21)18(14)16/h5-8,11,13,17,22H,1-2,9-10H2,3-4H3/t13-,17+,20+/m1/s1. The second kappa shape index (κ2) is 5.79. The van der Waals surface area contributed by atoms with Gasteiger partial charge in [0.15, 0.2) is 5.78 Å². The van der Waals surface area contributed by atoms with E-state index in [9.17, 15) is 4.79 Å². The predicted molar refractivity (Wildman–Crippen MR) is 99.6 cm³/mol. The molecule has 1 N–H and O–H groups in total. The summed E-state index contributed by atoms with van der Waals surface area (Å²) in [4.78, 5) is 16.6. The number of halogens is 1. The zero-order valence-corrected chi connectivity index (χ0v) is 15.2. The minimum absolute atomic E-state index is 0.170. The molecule has 3 atom stereocenters. The van der Waals surface area contributed by atoms with Crippen LogP contribution in [0.4, 0.5) is 0 Å². The lowest BCUT2D eigenvalue weighted by Gasteiger charge is -2.40. The fourth-order valence-electron chi connectivity index (χ4n) is 3.79. The summed E-state index contributed by atoms with van der Waals surface area (Å²) in [5, 5.41) is 1.10. The first-order valence-corrected chi connectivity index (χ1v) is 8.77. The molecule has 1 aliphatic carbocycles. The van der Waals surface area contributed by atoms with Crippen molar-refractivity contribution in [2.24, 2.45) is 11.3 Å². The van der Waals surface area contributed by atoms with E-state index in [1.54, 1.807) is 0 Å². The van der Waals surface area contributed by atoms with Crippen LogP contribution in [-0.2, 0) is 4.79 Å². The third-order valence-corrected chi connectivity index (χ3v) is 5.99. The van der Waals surface area contributed by atoms with Crippen molar-refractivity contribution in [2.75, 3.05) is 0 Å². The largest absolute Gasteiger partial charge is 0.361 e. The van der Waals surface area contributed by atoms with Gasteiger partial charge in [0.2, 0.25) is 0 Å². The highest BCUT2D eigenvalue weighted by Crippen LogP contribution is 2.49.